The van der Waals surface area contributed by atoms with Crippen molar-refractivity contribution in [2.24, 2.45) is 17.8 Å². The van der Waals surface area contributed by atoms with E-state index in [0.717, 1.165) is 72.3 Å². The number of carbonyl (C=O) groups excluding carboxylic acids is 1. The van der Waals surface area contributed by atoms with E-state index in [0.29, 0.717) is 12.2 Å². The Labute approximate surface area is 186 Å². The van der Waals surface area contributed by atoms with Crippen LogP contribution >= 0.6 is 0 Å². The van der Waals surface area contributed by atoms with Gasteiger partial charge in [0, 0.05) is 42.4 Å². The molecule has 4 atom stereocenters. The van der Waals surface area contributed by atoms with Gasteiger partial charge in [0.15, 0.2) is 0 Å². The number of nitrogens with zero attached hydrogens (tertiary/aromatic N) is 6. The summed E-state index contributed by atoms with van der Waals surface area (Å²) >= 11 is 0. The summed E-state index contributed by atoms with van der Waals surface area (Å²) in [6, 6.07) is -0.0598. The van der Waals surface area contributed by atoms with E-state index in [9.17, 15) is 4.79 Å². The molecule has 1 unspecified atom stereocenters. The Kier molecular flexibility index (Phi) is 4.34. The summed E-state index contributed by atoms with van der Waals surface area (Å²) in [6.07, 6.45) is 7.19. The zero-order valence-electron chi connectivity index (χ0n) is 18.7. The van der Waals surface area contributed by atoms with Crippen LogP contribution < -0.4 is 10.2 Å². The maximum absolute atomic E-state index is 12.7. The van der Waals surface area contributed by atoms with Crippen LogP contribution in [0.15, 0.2) is 18.7 Å². The Morgan fingerprint density at radius 2 is 2.06 bits per heavy atom. The number of hydrogen-bond acceptors (Lipinski definition) is 6. The zero-order valence-corrected chi connectivity index (χ0v) is 18.7. The van der Waals surface area contributed by atoms with Crippen LogP contribution in [0.2, 0.25) is 0 Å². The number of imidazole rings is 1. The Hall–Kier alpha value is -3.23. The maximum Gasteiger partial charge on any atom is 0.272 e. The number of H-pyrrole nitrogens is 1. The van der Waals surface area contributed by atoms with Gasteiger partial charge in [-0.3, -0.25) is 9.89 Å². The molecule has 0 aromatic carbocycles. The molecule has 2 aliphatic carbocycles. The van der Waals surface area contributed by atoms with E-state index in [1.54, 1.807) is 12.5 Å². The predicted octanol–water partition coefficient (Wildman–Crippen LogP) is 2.18. The molecule has 3 aromatic rings. The number of anilines is 1. The van der Waals surface area contributed by atoms with Crippen LogP contribution in [0.3, 0.4) is 0 Å². The minimum atomic E-state index is -0.174. The first-order chi connectivity index (χ1) is 15.5. The van der Waals surface area contributed by atoms with Gasteiger partial charge in [-0.15, -0.1) is 0 Å². The van der Waals surface area contributed by atoms with E-state index >= 15 is 0 Å². The van der Waals surface area contributed by atoms with Gasteiger partial charge in [-0.25, -0.2) is 15.0 Å². The van der Waals surface area contributed by atoms with Gasteiger partial charge in [-0.1, -0.05) is 6.92 Å². The molecule has 0 bridgehead atoms. The average molecular weight is 433 g/mol. The highest BCUT2D eigenvalue weighted by Gasteiger charge is 2.53. The lowest BCUT2D eigenvalue weighted by Gasteiger charge is -2.19. The second kappa shape index (κ2) is 7.15. The van der Waals surface area contributed by atoms with Gasteiger partial charge in [0.25, 0.3) is 5.91 Å². The molecule has 6 rings (SSSR count). The van der Waals surface area contributed by atoms with Crippen LogP contribution in [0.25, 0.3) is 0 Å². The average Bonchev–Trinajstić information content (AvgIpc) is 3.36. The first kappa shape index (κ1) is 19.5. The van der Waals surface area contributed by atoms with Gasteiger partial charge in [0.05, 0.1) is 24.6 Å². The van der Waals surface area contributed by atoms with Crippen LogP contribution in [0.5, 0.6) is 0 Å². The number of fused-ring (bicyclic) bond motifs is 2. The topological polar surface area (TPSA) is 105 Å². The monoisotopic (exact) mass is 432 g/mol. The van der Waals surface area contributed by atoms with E-state index in [2.05, 4.69) is 37.3 Å². The van der Waals surface area contributed by atoms with Crippen molar-refractivity contribution in [3.8, 4) is 0 Å². The fourth-order valence-corrected chi connectivity index (χ4v) is 5.41. The lowest BCUT2D eigenvalue weighted by atomic mass is 10.2. The van der Waals surface area contributed by atoms with E-state index in [4.69, 9.17) is 4.98 Å². The standard InChI is InChI=1S/C23H28N8O/c1-12-17-8-31(9-18(12)17)23-24-6-15(13(2)26-23)7-30-10-20(25-11-30)22(32)27-19-5-4-16-14(3)28-29-21(16)19/h6,10-12,17-19H,4-5,7-9H2,1-3H3,(H,27,32)(H,28,29)/t12-,17+,18?,19+/m0/s1. The molecule has 1 saturated heterocycles. The van der Waals surface area contributed by atoms with Crippen LogP contribution in [-0.4, -0.2) is 48.7 Å². The maximum atomic E-state index is 12.7. The molecule has 2 N–H and O–H groups in total. The summed E-state index contributed by atoms with van der Waals surface area (Å²) < 4.78 is 1.91. The number of aryl methyl sites for hydroxylation is 2. The zero-order chi connectivity index (χ0) is 22.0. The number of piperidine rings is 1. The molecule has 9 heteroatoms. The number of hydrogen-bond donors (Lipinski definition) is 2. The highest BCUT2D eigenvalue weighted by Crippen LogP contribution is 2.51. The van der Waals surface area contributed by atoms with Gasteiger partial charge in [0.1, 0.15) is 5.69 Å². The van der Waals surface area contributed by atoms with Crippen molar-refractivity contribution in [1.29, 1.82) is 0 Å². The smallest absolute Gasteiger partial charge is 0.272 e. The van der Waals surface area contributed by atoms with Crippen LogP contribution in [0, 0.1) is 31.6 Å². The molecule has 0 radical (unpaired) electrons. The van der Waals surface area contributed by atoms with E-state index in [-0.39, 0.29) is 11.9 Å². The van der Waals surface area contributed by atoms with E-state index < -0.39 is 0 Å². The first-order valence-electron chi connectivity index (χ1n) is 11.4. The molecular formula is C23H28N8O. The second-order valence-corrected chi connectivity index (χ2v) is 9.58. The lowest BCUT2D eigenvalue weighted by molar-refractivity contribution is 0.0931. The Morgan fingerprint density at radius 3 is 2.84 bits per heavy atom. The molecular weight excluding hydrogens is 404 g/mol. The Morgan fingerprint density at radius 1 is 1.25 bits per heavy atom. The minimum absolute atomic E-state index is 0.0598. The van der Waals surface area contributed by atoms with Crippen molar-refractivity contribution in [3.63, 3.8) is 0 Å². The van der Waals surface area contributed by atoms with Crippen molar-refractivity contribution in [2.75, 3.05) is 18.0 Å². The predicted molar refractivity (Wildman–Crippen MR) is 118 cm³/mol. The van der Waals surface area contributed by atoms with E-state index in [1.165, 1.54) is 5.56 Å². The van der Waals surface area contributed by atoms with Crippen molar-refractivity contribution < 1.29 is 4.79 Å². The van der Waals surface area contributed by atoms with Gasteiger partial charge >= 0.3 is 0 Å². The van der Waals surface area contributed by atoms with Crippen molar-refractivity contribution in [3.05, 3.63) is 52.6 Å². The van der Waals surface area contributed by atoms with Gasteiger partial charge < -0.3 is 14.8 Å². The molecule has 1 aliphatic heterocycles. The number of amides is 1. The van der Waals surface area contributed by atoms with Crippen molar-refractivity contribution >= 4 is 11.9 Å². The quantitative estimate of drug-likeness (QED) is 0.640. The molecule has 1 amide bonds. The number of aromatic amines is 1. The summed E-state index contributed by atoms with van der Waals surface area (Å²) in [7, 11) is 0. The van der Waals surface area contributed by atoms with Gasteiger partial charge in [0.2, 0.25) is 5.95 Å². The Bertz CT molecular complexity index is 1180. The van der Waals surface area contributed by atoms with Crippen LogP contribution in [0.4, 0.5) is 5.95 Å². The number of nitrogens with one attached hydrogen (secondary N) is 2. The third-order valence-corrected chi connectivity index (χ3v) is 7.62. The third-order valence-electron chi connectivity index (χ3n) is 7.62. The summed E-state index contributed by atoms with van der Waals surface area (Å²) in [5, 5.41) is 10.4. The van der Waals surface area contributed by atoms with Crippen molar-refractivity contribution in [2.45, 2.75) is 46.2 Å². The lowest BCUT2D eigenvalue weighted by Crippen LogP contribution is -2.27. The molecule has 166 valence electrons. The highest BCUT2D eigenvalue weighted by atomic mass is 16.2. The largest absolute Gasteiger partial charge is 0.342 e. The van der Waals surface area contributed by atoms with Gasteiger partial charge in [-0.2, -0.15) is 5.10 Å². The van der Waals surface area contributed by atoms with Crippen LogP contribution in [0.1, 0.15) is 58.1 Å². The summed E-state index contributed by atoms with van der Waals surface area (Å²) in [6.45, 7) is 9.11. The summed E-state index contributed by atoms with van der Waals surface area (Å²) in [5.41, 5.74) is 5.67. The number of rotatable bonds is 5. The molecule has 0 spiro atoms. The molecule has 2 fully saturated rings. The van der Waals surface area contributed by atoms with E-state index in [1.807, 2.05) is 24.6 Å². The Balaban J connectivity index is 1.10. The molecule has 32 heavy (non-hydrogen) atoms. The SMILES string of the molecule is Cc1nc(N2CC3[C@@H](C)[C@H]3C2)ncc1Cn1cnc(C(=O)N[C@@H]2CCc3c2n[nH]c3C)c1. The molecule has 3 aliphatic rings. The fourth-order valence-electron chi connectivity index (χ4n) is 5.41. The number of aromatic nitrogens is 6. The fraction of sp³-hybridized carbons (Fsp3) is 0.522. The highest BCUT2D eigenvalue weighted by molar-refractivity contribution is 5.92. The molecule has 1 saturated carbocycles. The normalized spacial score (nSPS) is 25.7. The summed E-state index contributed by atoms with van der Waals surface area (Å²) in [4.78, 5) is 28.7. The second-order valence-electron chi connectivity index (χ2n) is 9.58. The van der Waals surface area contributed by atoms with Gasteiger partial charge in [-0.05, 0) is 50.0 Å². The summed E-state index contributed by atoms with van der Waals surface area (Å²) in [5.74, 6) is 3.16. The number of carbonyl (C=O) groups is 1. The molecule has 4 heterocycles. The third kappa shape index (κ3) is 3.18. The minimum Gasteiger partial charge on any atom is -0.342 e. The molecule has 9 nitrogen and oxygen atoms in total. The van der Waals surface area contributed by atoms with Crippen molar-refractivity contribution in [1.82, 2.24) is 35.0 Å². The van der Waals surface area contributed by atoms with Crippen LogP contribution in [-0.2, 0) is 13.0 Å². The first-order valence-corrected chi connectivity index (χ1v) is 11.4. The molecule has 3 aromatic heterocycles.